The van der Waals surface area contributed by atoms with Gasteiger partial charge in [-0.2, -0.15) is 4.98 Å². The van der Waals surface area contributed by atoms with Crippen molar-refractivity contribution in [1.29, 1.82) is 0 Å². The maximum absolute atomic E-state index is 12.5. The number of hydrogen-bond donors (Lipinski definition) is 0. The smallest absolute Gasteiger partial charge is 0.267 e. The fourth-order valence-corrected chi connectivity index (χ4v) is 3.54. The van der Waals surface area contributed by atoms with E-state index in [0.29, 0.717) is 17.4 Å². The molecule has 0 N–H and O–H groups in total. The van der Waals surface area contributed by atoms with Crippen molar-refractivity contribution in [1.82, 2.24) is 29.3 Å². The van der Waals surface area contributed by atoms with Gasteiger partial charge < -0.3 is 0 Å². The first-order chi connectivity index (χ1) is 12.6. The molecule has 0 saturated carbocycles. The van der Waals surface area contributed by atoms with Crippen molar-refractivity contribution < 1.29 is 0 Å². The average Bonchev–Trinajstić information content (AvgIpc) is 3.09. The van der Waals surface area contributed by atoms with Gasteiger partial charge >= 0.3 is 5.69 Å². The van der Waals surface area contributed by atoms with Crippen LogP contribution >= 0.6 is 11.3 Å². The highest BCUT2D eigenvalue weighted by Gasteiger charge is 2.22. The van der Waals surface area contributed by atoms with Gasteiger partial charge in [-0.25, -0.2) is 19.4 Å². The molecule has 0 amide bonds. The van der Waals surface area contributed by atoms with Gasteiger partial charge in [0.25, 0.3) is 5.56 Å². The summed E-state index contributed by atoms with van der Waals surface area (Å²) in [6.07, 6.45) is 1.80. The third kappa shape index (κ3) is 2.70. The van der Waals surface area contributed by atoms with E-state index in [-0.39, 0.29) is 11.5 Å². The van der Waals surface area contributed by atoms with Crippen molar-refractivity contribution in [3.05, 3.63) is 45.1 Å². The lowest BCUT2D eigenvalue weighted by atomic mass is 10.3. The molecule has 132 valence electrons. The van der Waals surface area contributed by atoms with E-state index in [1.807, 2.05) is 24.3 Å². The van der Waals surface area contributed by atoms with E-state index < -0.39 is 11.2 Å². The summed E-state index contributed by atoms with van der Waals surface area (Å²) >= 11 is 1.46. The van der Waals surface area contributed by atoms with Crippen LogP contribution in [0.15, 0.2) is 33.9 Å². The first-order valence-corrected chi connectivity index (χ1v) is 9.12. The minimum absolute atomic E-state index is 0.132. The Morgan fingerprint density at radius 2 is 1.92 bits per heavy atom. The second-order valence-electron chi connectivity index (χ2n) is 5.93. The average molecular weight is 368 g/mol. The molecule has 2 aromatic rings. The molecule has 0 radical (unpaired) electrons. The minimum atomic E-state index is -0.607. The molecule has 2 aliphatic rings. The summed E-state index contributed by atoms with van der Waals surface area (Å²) in [5.74, 6) is 0.587. The van der Waals surface area contributed by atoms with Crippen molar-refractivity contribution in [2.45, 2.75) is 26.3 Å². The molecule has 0 fully saturated rings. The molecule has 1 aromatic carbocycles. The number of rotatable bonds is 4. The zero-order chi connectivity index (χ0) is 18.3. The van der Waals surface area contributed by atoms with E-state index in [2.05, 4.69) is 27.0 Å². The number of fused-ring (bicyclic) bond motifs is 2. The summed E-state index contributed by atoms with van der Waals surface area (Å²) in [4.78, 5) is 37.4. The van der Waals surface area contributed by atoms with Crippen molar-refractivity contribution in [2.75, 3.05) is 0 Å². The van der Waals surface area contributed by atoms with Crippen molar-refractivity contribution in [3.8, 4) is 22.4 Å². The lowest BCUT2D eigenvalue weighted by Gasteiger charge is -2.13. The van der Waals surface area contributed by atoms with Crippen molar-refractivity contribution in [3.63, 3.8) is 0 Å². The van der Waals surface area contributed by atoms with E-state index in [9.17, 15) is 9.59 Å². The second-order valence-corrected chi connectivity index (χ2v) is 6.96. The summed E-state index contributed by atoms with van der Waals surface area (Å²) < 4.78 is 3.57. The quantitative estimate of drug-likeness (QED) is 0.546. The maximum atomic E-state index is 12.5. The first-order valence-electron chi connectivity index (χ1n) is 8.30. The highest BCUT2D eigenvalue weighted by atomic mass is 32.1. The molecule has 0 unspecified atom stereocenters. The normalized spacial score (nSPS) is 11.5. The number of unbranched alkanes of at least 4 members (excludes halogenated alkanes) is 1. The molecular weight excluding hydrogens is 352 g/mol. The van der Waals surface area contributed by atoms with Gasteiger partial charge in [-0.3, -0.25) is 9.36 Å². The van der Waals surface area contributed by atoms with Crippen LogP contribution in [0.5, 0.6) is 0 Å². The monoisotopic (exact) mass is 368 g/mol. The predicted molar refractivity (Wildman–Crippen MR) is 99.5 cm³/mol. The standard InChI is InChI=1S/C17H16N6O2S/c1-3-4-9-23-14-12(16(24)22(2)17(25)20-14)19-13(21-23)15-18-10-7-5-6-8-11(10)26-15/h5-8H,3-4,9H2,1-2H3. The van der Waals surface area contributed by atoms with Gasteiger partial charge in [0.15, 0.2) is 16.5 Å². The zero-order valence-electron chi connectivity index (χ0n) is 14.3. The molecule has 0 saturated heterocycles. The Morgan fingerprint density at radius 1 is 1.12 bits per heavy atom. The topological polar surface area (TPSA) is 95.6 Å². The van der Waals surface area contributed by atoms with Gasteiger partial charge in [-0.05, 0) is 18.6 Å². The molecule has 8 nitrogen and oxygen atoms in total. The Balaban J connectivity index is 1.99. The number of nitrogens with zero attached hydrogens (tertiary/aromatic N) is 6. The zero-order valence-corrected chi connectivity index (χ0v) is 15.2. The van der Waals surface area contributed by atoms with Gasteiger partial charge in [-0.15, -0.1) is 16.4 Å². The van der Waals surface area contributed by atoms with E-state index in [1.54, 1.807) is 4.68 Å². The van der Waals surface area contributed by atoms with Crippen molar-refractivity contribution >= 4 is 21.6 Å². The summed E-state index contributed by atoms with van der Waals surface area (Å²) in [7, 11) is 1.40. The highest BCUT2D eigenvalue weighted by molar-refractivity contribution is 7.21. The van der Waals surface area contributed by atoms with Gasteiger partial charge in [-0.1, -0.05) is 25.5 Å². The molecule has 0 spiro atoms. The fraction of sp³-hybridized carbons (Fsp3) is 0.294. The van der Waals surface area contributed by atoms with Crippen LogP contribution in [0.25, 0.3) is 32.6 Å². The largest absolute Gasteiger partial charge is 0.352 e. The molecule has 0 bridgehead atoms. The molecule has 1 aromatic heterocycles. The molecule has 0 atom stereocenters. The number of aromatic nitrogens is 6. The number of aryl methyl sites for hydroxylation is 1. The molecule has 2 aliphatic heterocycles. The van der Waals surface area contributed by atoms with Crippen LogP contribution in [0.4, 0.5) is 0 Å². The molecule has 4 rings (SSSR count). The number of thiazole rings is 1. The minimum Gasteiger partial charge on any atom is -0.267 e. The maximum Gasteiger partial charge on any atom is 0.352 e. The molecule has 26 heavy (non-hydrogen) atoms. The van der Waals surface area contributed by atoms with E-state index in [4.69, 9.17) is 0 Å². The fourth-order valence-electron chi connectivity index (χ4n) is 2.65. The Morgan fingerprint density at radius 3 is 2.69 bits per heavy atom. The lowest BCUT2D eigenvalue weighted by molar-refractivity contribution is 0.547. The van der Waals surface area contributed by atoms with Crippen molar-refractivity contribution in [2.24, 2.45) is 7.05 Å². The van der Waals surface area contributed by atoms with E-state index >= 15 is 0 Å². The van der Waals surface area contributed by atoms with E-state index in [0.717, 1.165) is 27.6 Å². The number of para-hydroxylation sites is 1. The summed E-state index contributed by atoms with van der Waals surface area (Å²) in [5.41, 5.74) is -0.0937. The second kappa shape index (κ2) is 6.41. The third-order valence-corrected chi connectivity index (χ3v) is 5.13. The van der Waals surface area contributed by atoms with Crippen LogP contribution in [0, 0.1) is 0 Å². The van der Waals surface area contributed by atoms with Crippen LogP contribution in [-0.2, 0) is 13.6 Å². The van der Waals surface area contributed by atoms with Gasteiger partial charge in [0.2, 0.25) is 5.82 Å². The van der Waals surface area contributed by atoms with E-state index in [1.165, 1.54) is 18.4 Å². The first kappa shape index (κ1) is 16.5. The SMILES string of the molecule is CCCCn1nc(-c2nc3ccccc3s2)nc2c(=O)n(C)c(=O)nc1-2. The van der Waals surface area contributed by atoms with Gasteiger partial charge in [0.05, 0.1) is 10.2 Å². The lowest BCUT2D eigenvalue weighted by Crippen LogP contribution is -2.37. The molecule has 3 heterocycles. The van der Waals surface area contributed by atoms with Crippen LogP contribution in [-0.4, -0.2) is 29.3 Å². The molecular formula is C17H16N6O2S. The van der Waals surface area contributed by atoms with Gasteiger partial charge in [0.1, 0.15) is 0 Å². The summed E-state index contributed by atoms with van der Waals surface area (Å²) in [5, 5.41) is 5.15. The number of hydrogen-bond acceptors (Lipinski definition) is 7. The predicted octanol–water partition coefficient (Wildman–Crippen LogP) is 1.91. The van der Waals surface area contributed by atoms with Crippen LogP contribution in [0.3, 0.4) is 0 Å². The Labute approximate surface area is 152 Å². The van der Waals surface area contributed by atoms with Crippen LogP contribution < -0.4 is 11.2 Å². The Kier molecular flexibility index (Phi) is 4.08. The Hall–Kier alpha value is -2.94. The Bertz CT molecular complexity index is 1160. The van der Waals surface area contributed by atoms with Gasteiger partial charge in [0, 0.05) is 13.6 Å². The number of benzene rings is 1. The summed E-state index contributed by atoms with van der Waals surface area (Å²) in [6.45, 7) is 2.61. The molecule has 0 aliphatic carbocycles. The van der Waals surface area contributed by atoms with Crippen LogP contribution in [0.2, 0.25) is 0 Å². The highest BCUT2D eigenvalue weighted by Crippen LogP contribution is 2.28. The van der Waals surface area contributed by atoms with Crippen LogP contribution in [0.1, 0.15) is 19.8 Å². The third-order valence-electron chi connectivity index (χ3n) is 4.09. The summed E-state index contributed by atoms with van der Waals surface area (Å²) in [6, 6.07) is 7.77. The molecule has 9 heteroatoms.